The van der Waals surface area contributed by atoms with E-state index in [-0.39, 0.29) is 17.3 Å². The molecule has 0 unspecified atom stereocenters. The summed E-state index contributed by atoms with van der Waals surface area (Å²) in [4.78, 5) is 28.2. The van der Waals surface area contributed by atoms with Gasteiger partial charge in [0.05, 0.1) is 18.6 Å². The van der Waals surface area contributed by atoms with Gasteiger partial charge in [0.15, 0.2) is 0 Å². The fourth-order valence-corrected chi connectivity index (χ4v) is 6.41. The van der Waals surface area contributed by atoms with E-state index in [9.17, 15) is 18.0 Å². The first-order chi connectivity index (χ1) is 20.2. The molecule has 0 atom stereocenters. The zero-order valence-corrected chi connectivity index (χ0v) is 24.9. The lowest BCUT2D eigenvalue weighted by molar-refractivity contribution is -0.116. The first-order valence-corrected chi connectivity index (χ1v) is 15.2. The number of carbonyl (C=O) groups is 2. The van der Waals surface area contributed by atoms with E-state index in [0.717, 1.165) is 9.87 Å². The quantitative estimate of drug-likeness (QED) is 0.245. The fraction of sp³-hybridized carbons (Fsp3) is 0.161. The Kier molecular flexibility index (Phi) is 8.84. The van der Waals surface area contributed by atoms with Gasteiger partial charge in [0.1, 0.15) is 5.75 Å². The minimum Gasteiger partial charge on any atom is -0.497 e. The number of hydrogen-bond donors (Lipinski definition) is 1. The Bertz CT molecular complexity index is 1730. The van der Waals surface area contributed by atoms with E-state index in [1.54, 1.807) is 72.7 Å². The summed E-state index contributed by atoms with van der Waals surface area (Å²) in [6.07, 6.45) is 0.677. The highest BCUT2D eigenvalue weighted by Gasteiger charge is 2.29. The van der Waals surface area contributed by atoms with Crippen molar-refractivity contribution in [1.82, 2.24) is 4.31 Å². The molecule has 0 aromatic heterocycles. The molecule has 8 nitrogen and oxygen atoms in total. The number of fused-ring (bicyclic) bond motifs is 1. The van der Waals surface area contributed by atoms with Gasteiger partial charge in [-0.25, -0.2) is 8.42 Å². The summed E-state index contributed by atoms with van der Waals surface area (Å²) in [7, 11) is -2.53. The van der Waals surface area contributed by atoms with E-state index >= 15 is 0 Å². The molecule has 0 saturated heterocycles. The van der Waals surface area contributed by atoms with E-state index in [2.05, 4.69) is 5.32 Å². The SMILES string of the molecule is COc1ccc(C(=O)N2CCc3ccc(NC(=O)CN(Cc4ccccc4Cl)S(=O)(=O)c4ccc(Cl)cc4)cc32)cc1. The molecule has 42 heavy (non-hydrogen) atoms. The largest absolute Gasteiger partial charge is 0.497 e. The van der Waals surface area contributed by atoms with Crippen LogP contribution in [0.2, 0.25) is 10.0 Å². The van der Waals surface area contributed by atoms with Crippen LogP contribution in [0, 0.1) is 0 Å². The molecule has 0 fully saturated rings. The molecule has 0 spiro atoms. The van der Waals surface area contributed by atoms with Gasteiger partial charge in [-0.3, -0.25) is 9.59 Å². The summed E-state index contributed by atoms with van der Waals surface area (Å²) in [5.74, 6) is -0.0644. The fourth-order valence-electron chi connectivity index (χ4n) is 4.72. The number of carbonyl (C=O) groups excluding carboxylic acids is 2. The normalized spacial score (nSPS) is 12.7. The smallest absolute Gasteiger partial charge is 0.258 e. The second-order valence-corrected chi connectivity index (χ2v) is 12.4. The zero-order valence-electron chi connectivity index (χ0n) is 22.6. The van der Waals surface area contributed by atoms with Crippen molar-refractivity contribution in [3.8, 4) is 5.75 Å². The van der Waals surface area contributed by atoms with Gasteiger partial charge in [-0.05, 0) is 84.3 Å². The van der Waals surface area contributed by atoms with Gasteiger partial charge in [0.2, 0.25) is 15.9 Å². The lowest BCUT2D eigenvalue weighted by atomic mass is 10.1. The van der Waals surface area contributed by atoms with Gasteiger partial charge in [-0.2, -0.15) is 4.31 Å². The predicted octanol–water partition coefficient (Wildman–Crippen LogP) is 6.03. The molecule has 11 heteroatoms. The van der Waals surface area contributed by atoms with Crippen molar-refractivity contribution in [3.63, 3.8) is 0 Å². The molecular weight excluding hydrogens is 597 g/mol. The summed E-state index contributed by atoms with van der Waals surface area (Å²) in [6.45, 7) is -0.0866. The molecule has 0 bridgehead atoms. The number of hydrogen-bond acceptors (Lipinski definition) is 5. The number of benzene rings is 4. The minimum absolute atomic E-state index is 0.00281. The highest BCUT2D eigenvalue weighted by Crippen LogP contribution is 2.32. The molecule has 216 valence electrons. The lowest BCUT2D eigenvalue weighted by Crippen LogP contribution is -2.37. The molecule has 1 heterocycles. The first-order valence-electron chi connectivity index (χ1n) is 13.0. The molecule has 0 saturated carbocycles. The summed E-state index contributed by atoms with van der Waals surface area (Å²) in [5.41, 5.74) is 3.17. The van der Waals surface area contributed by atoms with Crippen LogP contribution < -0.4 is 15.0 Å². The van der Waals surface area contributed by atoms with Crippen LogP contribution in [0.15, 0.2) is 95.9 Å². The topological polar surface area (TPSA) is 96.0 Å². The van der Waals surface area contributed by atoms with E-state index in [0.29, 0.717) is 51.3 Å². The molecule has 5 rings (SSSR count). The van der Waals surface area contributed by atoms with Crippen molar-refractivity contribution in [2.75, 3.05) is 30.4 Å². The highest BCUT2D eigenvalue weighted by atomic mass is 35.5. The maximum absolute atomic E-state index is 13.6. The number of methoxy groups -OCH3 is 1. The molecule has 0 aliphatic carbocycles. The van der Waals surface area contributed by atoms with E-state index in [1.807, 2.05) is 6.07 Å². The Balaban J connectivity index is 1.36. The molecule has 4 aromatic carbocycles. The average Bonchev–Trinajstić information content (AvgIpc) is 3.41. The maximum Gasteiger partial charge on any atom is 0.258 e. The van der Waals surface area contributed by atoms with Crippen LogP contribution in [0.25, 0.3) is 0 Å². The van der Waals surface area contributed by atoms with Crippen molar-refractivity contribution < 1.29 is 22.7 Å². The van der Waals surface area contributed by atoms with Crippen molar-refractivity contribution in [2.24, 2.45) is 0 Å². The summed E-state index contributed by atoms with van der Waals surface area (Å²) in [5, 5.41) is 3.57. The van der Waals surface area contributed by atoms with Crippen LogP contribution >= 0.6 is 23.2 Å². The van der Waals surface area contributed by atoms with E-state index in [4.69, 9.17) is 27.9 Å². The number of amides is 2. The van der Waals surface area contributed by atoms with Crippen LogP contribution in [-0.2, 0) is 27.8 Å². The molecule has 1 aliphatic rings. The molecule has 1 N–H and O–H groups in total. The van der Waals surface area contributed by atoms with Gasteiger partial charge < -0.3 is 15.0 Å². The summed E-state index contributed by atoms with van der Waals surface area (Å²) < 4.78 is 33.5. The minimum atomic E-state index is -4.09. The van der Waals surface area contributed by atoms with Crippen LogP contribution in [0.4, 0.5) is 11.4 Å². The number of nitrogens with zero attached hydrogens (tertiary/aromatic N) is 2. The molecule has 1 aliphatic heterocycles. The van der Waals surface area contributed by atoms with Crippen LogP contribution in [0.5, 0.6) is 5.75 Å². The molecule has 4 aromatic rings. The Labute approximate surface area is 254 Å². The standard InChI is InChI=1S/C31H27Cl2N3O5S/c1-41-26-12-7-22(8-13-26)31(38)36-17-16-21-6-11-25(18-29(21)36)34-30(37)20-35(19-23-4-2-3-5-28(23)33)42(39,40)27-14-9-24(32)10-15-27/h2-15,18H,16-17,19-20H2,1H3,(H,34,37). The first kappa shape index (κ1) is 29.6. The molecule has 0 radical (unpaired) electrons. The third-order valence-corrected chi connectivity index (χ3v) is 9.35. The Morgan fingerprint density at radius 2 is 1.67 bits per heavy atom. The monoisotopic (exact) mass is 623 g/mol. The van der Waals surface area contributed by atoms with Gasteiger partial charge in [0.25, 0.3) is 5.91 Å². The van der Waals surface area contributed by atoms with Crippen molar-refractivity contribution in [3.05, 3.63) is 118 Å². The van der Waals surface area contributed by atoms with Crippen LogP contribution in [-0.4, -0.2) is 44.7 Å². The number of sulfonamides is 1. The summed E-state index contributed by atoms with van der Waals surface area (Å²) >= 11 is 12.3. The van der Waals surface area contributed by atoms with E-state index < -0.39 is 22.5 Å². The number of nitrogens with one attached hydrogen (secondary N) is 1. The Morgan fingerprint density at radius 1 is 0.952 bits per heavy atom. The van der Waals surface area contributed by atoms with Crippen LogP contribution in [0.3, 0.4) is 0 Å². The van der Waals surface area contributed by atoms with Crippen molar-refractivity contribution in [1.29, 1.82) is 0 Å². The van der Waals surface area contributed by atoms with Gasteiger partial charge in [-0.15, -0.1) is 0 Å². The Morgan fingerprint density at radius 3 is 2.36 bits per heavy atom. The highest BCUT2D eigenvalue weighted by molar-refractivity contribution is 7.89. The number of halogens is 2. The van der Waals surface area contributed by atoms with E-state index in [1.165, 1.54) is 24.3 Å². The number of anilines is 2. The number of rotatable bonds is 9. The van der Waals surface area contributed by atoms with Crippen molar-refractivity contribution in [2.45, 2.75) is 17.9 Å². The van der Waals surface area contributed by atoms with Crippen molar-refractivity contribution >= 4 is 56.4 Å². The lowest BCUT2D eigenvalue weighted by Gasteiger charge is -2.23. The van der Waals surface area contributed by atoms with Crippen LogP contribution in [0.1, 0.15) is 21.5 Å². The zero-order chi connectivity index (χ0) is 29.9. The van der Waals surface area contributed by atoms with Gasteiger partial charge in [0, 0.05) is 40.1 Å². The molecule has 2 amide bonds. The summed E-state index contributed by atoms with van der Waals surface area (Å²) in [6, 6.07) is 24.8. The second kappa shape index (κ2) is 12.5. The number of ether oxygens (including phenoxy) is 1. The third-order valence-electron chi connectivity index (χ3n) is 6.92. The second-order valence-electron chi connectivity index (χ2n) is 9.65. The molecular formula is C31H27Cl2N3O5S. The average molecular weight is 625 g/mol. The van der Waals surface area contributed by atoms with Gasteiger partial charge in [-0.1, -0.05) is 47.5 Å². The predicted molar refractivity (Wildman–Crippen MR) is 164 cm³/mol. The maximum atomic E-state index is 13.6. The third kappa shape index (κ3) is 6.44. The van der Waals surface area contributed by atoms with Gasteiger partial charge >= 0.3 is 0 Å². The Hall–Kier alpha value is -3.89.